The Labute approximate surface area is 130 Å². The lowest BCUT2D eigenvalue weighted by atomic mass is 9.98. The van der Waals surface area contributed by atoms with E-state index in [1.807, 2.05) is 12.1 Å². The van der Waals surface area contributed by atoms with Crippen LogP contribution in [0.1, 0.15) is 25.0 Å². The second-order valence-electron chi connectivity index (χ2n) is 5.78. The van der Waals surface area contributed by atoms with Crippen LogP contribution in [0.2, 0.25) is 0 Å². The minimum Gasteiger partial charge on any atom is -0.400 e. The lowest BCUT2D eigenvalue weighted by molar-refractivity contribution is 0.295. The Balaban J connectivity index is 1.88. The van der Waals surface area contributed by atoms with Gasteiger partial charge >= 0.3 is 0 Å². The fourth-order valence-corrected chi connectivity index (χ4v) is 3.81. The standard InChI is InChI=1S/C18H20N2S/c1-18(2)17(19)16(15-11-7-4-8-12-15)21-20(18)13-14-9-5-3-6-10-14/h3-12H,13,19H2,1-2H3. The van der Waals surface area contributed by atoms with Crippen molar-refractivity contribution in [3.05, 3.63) is 77.5 Å². The molecule has 1 aliphatic rings. The summed E-state index contributed by atoms with van der Waals surface area (Å²) in [5.74, 6) is 0. The van der Waals surface area contributed by atoms with E-state index >= 15 is 0 Å². The predicted octanol–water partition coefficient (Wildman–Crippen LogP) is 4.26. The Morgan fingerprint density at radius 3 is 2.14 bits per heavy atom. The van der Waals surface area contributed by atoms with Gasteiger partial charge in [-0.25, -0.2) is 4.31 Å². The zero-order valence-corrected chi connectivity index (χ0v) is 13.2. The summed E-state index contributed by atoms with van der Waals surface area (Å²) in [5, 5.41) is 0. The van der Waals surface area contributed by atoms with Crippen molar-refractivity contribution in [1.82, 2.24) is 4.31 Å². The van der Waals surface area contributed by atoms with Gasteiger partial charge < -0.3 is 5.73 Å². The van der Waals surface area contributed by atoms with E-state index in [4.69, 9.17) is 5.73 Å². The van der Waals surface area contributed by atoms with Gasteiger partial charge in [0.25, 0.3) is 0 Å². The third-order valence-corrected chi connectivity index (χ3v) is 5.38. The summed E-state index contributed by atoms with van der Waals surface area (Å²) < 4.78 is 2.36. The third-order valence-electron chi connectivity index (χ3n) is 3.93. The number of hydrogen-bond acceptors (Lipinski definition) is 3. The van der Waals surface area contributed by atoms with Crippen molar-refractivity contribution in [2.75, 3.05) is 0 Å². The molecule has 21 heavy (non-hydrogen) atoms. The van der Waals surface area contributed by atoms with Crippen molar-refractivity contribution < 1.29 is 0 Å². The smallest absolute Gasteiger partial charge is 0.0668 e. The first-order valence-corrected chi connectivity index (χ1v) is 7.91. The van der Waals surface area contributed by atoms with E-state index in [1.165, 1.54) is 16.0 Å². The lowest BCUT2D eigenvalue weighted by Crippen LogP contribution is -2.39. The van der Waals surface area contributed by atoms with Gasteiger partial charge in [-0.2, -0.15) is 0 Å². The van der Waals surface area contributed by atoms with Crippen LogP contribution in [0, 0.1) is 0 Å². The number of benzene rings is 2. The summed E-state index contributed by atoms with van der Waals surface area (Å²) in [5.41, 5.74) is 9.76. The van der Waals surface area contributed by atoms with Crippen molar-refractivity contribution in [2.45, 2.75) is 25.9 Å². The van der Waals surface area contributed by atoms with Crippen molar-refractivity contribution in [3.8, 4) is 0 Å². The minimum atomic E-state index is -0.147. The van der Waals surface area contributed by atoms with Crippen molar-refractivity contribution >= 4 is 16.9 Å². The first-order valence-electron chi connectivity index (χ1n) is 7.14. The molecular formula is C18H20N2S. The summed E-state index contributed by atoms with van der Waals surface area (Å²) in [6.07, 6.45) is 0. The Hall–Kier alpha value is -1.71. The van der Waals surface area contributed by atoms with Crippen LogP contribution in [0.25, 0.3) is 4.91 Å². The van der Waals surface area contributed by atoms with Crippen LogP contribution in [-0.2, 0) is 6.54 Å². The van der Waals surface area contributed by atoms with Gasteiger partial charge in [-0.15, -0.1) is 0 Å². The van der Waals surface area contributed by atoms with Gasteiger partial charge in [-0.3, -0.25) is 0 Å². The van der Waals surface area contributed by atoms with Crippen LogP contribution in [0.4, 0.5) is 0 Å². The Morgan fingerprint density at radius 1 is 0.952 bits per heavy atom. The van der Waals surface area contributed by atoms with Crippen molar-refractivity contribution in [2.24, 2.45) is 5.73 Å². The summed E-state index contributed by atoms with van der Waals surface area (Å²) >= 11 is 1.76. The van der Waals surface area contributed by atoms with Crippen molar-refractivity contribution in [1.29, 1.82) is 0 Å². The Bertz CT molecular complexity index is 647. The molecule has 0 fully saturated rings. The zero-order chi connectivity index (χ0) is 14.9. The molecule has 2 aromatic carbocycles. The maximum Gasteiger partial charge on any atom is 0.0668 e. The van der Waals surface area contributed by atoms with Gasteiger partial charge in [0.1, 0.15) is 0 Å². The van der Waals surface area contributed by atoms with E-state index in [2.05, 4.69) is 66.7 Å². The molecule has 0 unspecified atom stereocenters. The Kier molecular flexibility index (Phi) is 3.79. The van der Waals surface area contributed by atoms with E-state index in [9.17, 15) is 0 Å². The SMILES string of the molecule is CC1(C)C(N)=C(c2ccccc2)SN1Cc1ccccc1. The van der Waals surface area contributed by atoms with Gasteiger partial charge in [0.2, 0.25) is 0 Å². The summed E-state index contributed by atoms with van der Waals surface area (Å²) in [6, 6.07) is 20.9. The highest BCUT2D eigenvalue weighted by atomic mass is 32.2. The first-order chi connectivity index (χ1) is 10.1. The largest absolute Gasteiger partial charge is 0.400 e. The van der Waals surface area contributed by atoms with Crippen LogP contribution in [-0.4, -0.2) is 9.84 Å². The molecule has 0 saturated heterocycles. The number of nitrogens with zero attached hydrogens (tertiary/aromatic N) is 1. The molecule has 3 rings (SSSR count). The molecule has 0 atom stereocenters. The topological polar surface area (TPSA) is 29.3 Å². The van der Waals surface area contributed by atoms with Gasteiger partial charge in [-0.05, 0) is 36.9 Å². The highest BCUT2D eigenvalue weighted by Crippen LogP contribution is 2.47. The van der Waals surface area contributed by atoms with Crippen molar-refractivity contribution in [3.63, 3.8) is 0 Å². The molecule has 108 valence electrons. The highest BCUT2D eigenvalue weighted by molar-refractivity contribution is 8.06. The van der Waals surface area contributed by atoms with Gasteiger partial charge in [0, 0.05) is 12.2 Å². The van der Waals surface area contributed by atoms with Crippen LogP contribution < -0.4 is 5.73 Å². The van der Waals surface area contributed by atoms with E-state index in [-0.39, 0.29) is 5.54 Å². The fourth-order valence-electron chi connectivity index (χ4n) is 2.46. The average Bonchev–Trinajstić information content (AvgIpc) is 2.73. The molecule has 2 N–H and O–H groups in total. The molecule has 0 amide bonds. The van der Waals surface area contributed by atoms with E-state index in [1.54, 1.807) is 11.9 Å². The second kappa shape index (κ2) is 5.58. The molecule has 2 nitrogen and oxygen atoms in total. The van der Waals surface area contributed by atoms with Gasteiger partial charge in [-0.1, -0.05) is 60.7 Å². The highest BCUT2D eigenvalue weighted by Gasteiger charge is 2.39. The summed E-state index contributed by atoms with van der Waals surface area (Å²) in [4.78, 5) is 1.18. The quantitative estimate of drug-likeness (QED) is 0.858. The van der Waals surface area contributed by atoms with E-state index < -0.39 is 0 Å². The Morgan fingerprint density at radius 2 is 1.52 bits per heavy atom. The zero-order valence-electron chi connectivity index (χ0n) is 12.4. The van der Waals surface area contributed by atoms with Gasteiger partial charge in [0.05, 0.1) is 10.4 Å². The van der Waals surface area contributed by atoms with Crippen LogP contribution in [0.3, 0.4) is 0 Å². The van der Waals surface area contributed by atoms with E-state index in [0.29, 0.717) is 0 Å². The molecule has 1 aliphatic heterocycles. The molecule has 1 heterocycles. The molecular weight excluding hydrogens is 276 g/mol. The normalized spacial score (nSPS) is 18.2. The summed E-state index contributed by atoms with van der Waals surface area (Å²) in [7, 11) is 0. The minimum absolute atomic E-state index is 0.147. The van der Waals surface area contributed by atoms with Crippen LogP contribution in [0.5, 0.6) is 0 Å². The molecule has 3 heteroatoms. The van der Waals surface area contributed by atoms with Crippen LogP contribution in [0.15, 0.2) is 66.4 Å². The maximum absolute atomic E-state index is 6.45. The number of rotatable bonds is 3. The van der Waals surface area contributed by atoms with E-state index in [0.717, 1.165) is 12.2 Å². The first kappa shape index (κ1) is 14.2. The maximum atomic E-state index is 6.45. The molecule has 0 aromatic heterocycles. The predicted molar refractivity (Wildman–Crippen MR) is 91.2 cm³/mol. The summed E-state index contributed by atoms with van der Waals surface area (Å²) in [6.45, 7) is 5.26. The molecule has 0 spiro atoms. The fraction of sp³-hybridized carbons (Fsp3) is 0.222. The molecule has 0 aliphatic carbocycles. The molecule has 0 saturated carbocycles. The average molecular weight is 296 g/mol. The number of nitrogens with two attached hydrogens (primary N) is 1. The van der Waals surface area contributed by atoms with Gasteiger partial charge in [0.15, 0.2) is 0 Å². The second-order valence-corrected chi connectivity index (χ2v) is 6.81. The third kappa shape index (κ3) is 2.71. The molecule has 2 aromatic rings. The molecule has 0 radical (unpaired) electrons. The lowest BCUT2D eigenvalue weighted by Gasteiger charge is -2.31. The monoisotopic (exact) mass is 296 g/mol. The number of hydrogen-bond donors (Lipinski definition) is 1. The molecule has 0 bridgehead atoms. The van der Waals surface area contributed by atoms with Crippen LogP contribution >= 0.6 is 11.9 Å².